The summed E-state index contributed by atoms with van der Waals surface area (Å²) in [6, 6.07) is 3.21. The first-order valence-electron chi connectivity index (χ1n) is 4.91. The lowest BCUT2D eigenvalue weighted by Gasteiger charge is -2.08. The summed E-state index contributed by atoms with van der Waals surface area (Å²) < 4.78 is 28.1. The van der Waals surface area contributed by atoms with Crippen molar-refractivity contribution in [3.8, 4) is 0 Å². The third-order valence-electron chi connectivity index (χ3n) is 2.14. The van der Waals surface area contributed by atoms with Gasteiger partial charge in [0.05, 0.1) is 5.69 Å². The maximum Gasteiger partial charge on any atom is 0.281 e. The molecule has 0 aliphatic heterocycles. The van der Waals surface area contributed by atoms with Gasteiger partial charge in [0.15, 0.2) is 4.60 Å². The smallest absolute Gasteiger partial charge is 0.278 e. The Labute approximate surface area is 112 Å². The van der Waals surface area contributed by atoms with Crippen molar-refractivity contribution >= 4 is 31.6 Å². The van der Waals surface area contributed by atoms with Crippen LogP contribution in [0.1, 0.15) is 5.69 Å². The predicted octanol–water partition coefficient (Wildman–Crippen LogP) is 1.08. The summed E-state index contributed by atoms with van der Waals surface area (Å²) in [6.07, 6.45) is 1.53. The second-order valence-electron chi connectivity index (χ2n) is 3.60. The number of sulfonamides is 1. The molecule has 18 heavy (non-hydrogen) atoms. The van der Waals surface area contributed by atoms with Crippen LogP contribution >= 0.6 is 15.9 Å². The molecule has 2 rings (SSSR count). The van der Waals surface area contributed by atoms with E-state index in [1.165, 1.54) is 17.9 Å². The van der Waals surface area contributed by atoms with Gasteiger partial charge in [-0.1, -0.05) is 5.21 Å². The lowest BCUT2D eigenvalue weighted by atomic mass is 10.3. The summed E-state index contributed by atoms with van der Waals surface area (Å²) in [7, 11) is -2.23. The quantitative estimate of drug-likeness (QED) is 0.908. The van der Waals surface area contributed by atoms with Crippen LogP contribution in [0.3, 0.4) is 0 Å². The van der Waals surface area contributed by atoms with E-state index in [1.807, 2.05) is 0 Å². The lowest BCUT2D eigenvalue weighted by Crippen LogP contribution is -2.17. The number of hydrogen-bond acceptors (Lipinski definition) is 5. The second kappa shape index (κ2) is 4.65. The van der Waals surface area contributed by atoms with Crippen molar-refractivity contribution in [2.24, 2.45) is 7.05 Å². The third-order valence-corrected chi connectivity index (χ3v) is 4.41. The minimum absolute atomic E-state index is 0.0306. The number of anilines is 1. The molecule has 0 bridgehead atoms. The number of nitrogens with zero attached hydrogens (tertiary/aromatic N) is 4. The van der Waals surface area contributed by atoms with Gasteiger partial charge in [-0.25, -0.2) is 4.68 Å². The molecule has 0 saturated carbocycles. The van der Waals surface area contributed by atoms with Gasteiger partial charge in [-0.05, 0) is 35.0 Å². The van der Waals surface area contributed by atoms with Crippen molar-refractivity contribution < 1.29 is 8.42 Å². The Hall–Kier alpha value is -1.48. The van der Waals surface area contributed by atoms with Crippen LogP contribution in [-0.4, -0.2) is 28.4 Å². The average Bonchev–Trinajstić information content (AvgIpc) is 2.58. The minimum Gasteiger partial charge on any atom is -0.278 e. The molecule has 0 amide bonds. The number of pyridine rings is 1. The Balaban J connectivity index is 2.39. The Bertz CT molecular complexity index is 663. The molecule has 0 aromatic carbocycles. The molecule has 0 saturated heterocycles. The van der Waals surface area contributed by atoms with Gasteiger partial charge in [0.1, 0.15) is 0 Å². The molecule has 7 nitrogen and oxygen atoms in total. The molecular formula is C9H10BrN5O2S. The highest BCUT2D eigenvalue weighted by atomic mass is 79.9. The molecule has 0 aliphatic rings. The van der Waals surface area contributed by atoms with Gasteiger partial charge in [-0.2, -0.15) is 8.42 Å². The molecule has 96 valence electrons. The zero-order valence-corrected chi connectivity index (χ0v) is 12.0. The fourth-order valence-electron chi connectivity index (χ4n) is 1.42. The maximum atomic E-state index is 12.2. The first-order valence-corrected chi connectivity index (χ1v) is 7.18. The van der Waals surface area contributed by atoms with Gasteiger partial charge in [-0.15, -0.1) is 5.10 Å². The summed E-state index contributed by atoms with van der Waals surface area (Å²) in [6.45, 7) is 1.78. The molecule has 0 fully saturated rings. The van der Waals surface area contributed by atoms with Crippen LogP contribution in [0.4, 0.5) is 5.69 Å². The molecule has 2 aromatic rings. The number of aromatic nitrogens is 4. The number of aryl methyl sites for hydroxylation is 2. The fourth-order valence-corrected chi connectivity index (χ4v) is 3.57. The number of nitrogens with one attached hydrogen (secondary N) is 1. The highest BCUT2D eigenvalue weighted by Gasteiger charge is 2.23. The largest absolute Gasteiger partial charge is 0.281 e. The molecule has 2 heterocycles. The maximum absolute atomic E-state index is 12.2. The number of rotatable bonds is 3. The topological polar surface area (TPSA) is 89.8 Å². The average molecular weight is 332 g/mol. The van der Waals surface area contributed by atoms with Crippen LogP contribution in [-0.2, 0) is 17.1 Å². The zero-order valence-electron chi connectivity index (χ0n) is 9.62. The fraction of sp³-hybridized carbons (Fsp3) is 0.222. The molecule has 0 spiro atoms. The van der Waals surface area contributed by atoms with Crippen molar-refractivity contribution in [1.82, 2.24) is 20.0 Å². The summed E-state index contributed by atoms with van der Waals surface area (Å²) in [4.78, 5) is 3.99. The lowest BCUT2D eigenvalue weighted by molar-refractivity contribution is 0.578. The first-order chi connectivity index (χ1) is 8.40. The van der Waals surface area contributed by atoms with E-state index >= 15 is 0 Å². The van der Waals surface area contributed by atoms with E-state index < -0.39 is 10.0 Å². The summed E-state index contributed by atoms with van der Waals surface area (Å²) >= 11 is 3.05. The van der Waals surface area contributed by atoms with E-state index in [4.69, 9.17) is 0 Å². The Morgan fingerprint density at radius 3 is 2.72 bits per heavy atom. The van der Waals surface area contributed by atoms with E-state index in [-0.39, 0.29) is 9.63 Å². The molecule has 0 atom stereocenters. The van der Waals surface area contributed by atoms with Crippen LogP contribution < -0.4 is 4.72 Å². The van der Waals surface area contributed by atoms with Crippen LogP contribution in [0.25, 0.3) is 0 Å². The predicted molar refractivity (Wildman–Crippen MR) is 68.5 cm³/mol. The normalized spacial score (nSPS) is 11.5. The van der Waals surface area contributed by atoms with E-state index in [0.29, 0.717) is 5.69 Å². The van der Waals surface area contributed by atoms with Crippen molar-refractivity contribution in [2.45, 2.75) is 11.9 Å². The van der Waals surface area contributed by atoms with E-state index in [0.717, 1.165) is 5.69 Å². The third kappa shape index (κ3) is 2.51. The van der Waals surface area contributed by atoms with Gasteiger partial charge in [0.25, 0.3) is 10.0 Å². The molecule has 2 aromatic heterocycles. The van der Waals surface area contributed by atoms with Crippen LogP contribution in [0.2, 0.25) is 0 Å². The highest BCUT2D eigenvalue weighted by Crippen LogP contribution is 2.21. The molecule has 0 radical (unpaired) electrons. The Morgan fingerprint density at radius 1 is 1.44 bits per heavy atom. The van der Waals surface area contributed by atoms with Crippen molar-refractivity contribution in [2.75, 3.05) is 4.72 Å². The van der Waals surface area contributed by atoms with E-state index in [2.05, 4.69) is 35.9 Å². The van der Waals surface area contributed by atoms with Gasteiger partial charge in [0, 0.05) is 18.9 Å². The summed E-state index contributed by atoms with van der Waals surface area (Å²) in [5.41, 5.74) is 1.16. The van der Waals surface area contributed by atoms with Crippen LogP contribution in [0, 0.1) is 6.92 Å². The zero-order chi connectivity index (χ0) is 13.3. The Kier molecular flexibility index (Phi) is 3.35. The summed E-state index contributed by atoms with van der Waals surface area (Å²) in [5.74, 6) is 0. The van der Waals surface area contributed by atoms with E-state index in [9.17, 15) is 8.42 Å². The summed E-state index contributed by atoms with van der Waals surface area (Å²) in [5, 5.41) is 7.24. The Morgan fingerprint density at radius 2 is 2.17 bits per heavy atom. The van der Waals surface area contributed by atoms with Gasteiger partial charge in [0.2, 0.25) is 5.03 Å². The monoisotopic (exact) mass is 331 g/mol. The van der Waals surface area contributed by atoms with Crippen LogP contribution in [0.15, 0.2) is 28.0 Å². The molecule has 9 heteroatoms. The first kappa shape index (κ1) is 13.0. The van der Waals surface area contributed by atoms with Crippen molar-refractivity contribution in [1.29, 1.82) is 0 Å². The van der Waals surface area contributed by atoms with Crippen molar-refractivity contribution in [3.05, 3.63) is 28.6 Å². The highest BCUT2D eigenvalue weighted by molar-refractivity contribution is 9.10. The second-order valence-corrected chi connectivity index (χ2v) is 5.95. The standard InChI is InChI=1S/C9H10BrN5O2S/c1-6-5-7(3-4-11-6)13-18(16,17)9-8(10)12-14-15(9)2/h3-5H,1-2H3,(H,11,13). The molecule has 1 N–H and O–H groups in total. The van der Waals surface area contributed by atoms with Crippen molar-refractivity contribution in [3.63, 3.8) is 0 Å². The molecular weight excluding hydrogens is 322 g/mol. The number of halogens is 1. The van der Waals surface area contributed by atoms with E-state index in [1.54, 1.807) is 19.1 Å². The molecule has 0 aliphatic carbocycles. The van der Waals surface area contributed by atoms with Gasteiger partial charge in [-0.3, -0.25) is 9.71 Å². The van der Waals surface area contributed by atoms with Crippen LogP contribution in [0.5, 0.6) is 0 Å². The van der Waals surface area contributed by atoms with Gasteiger partial charge >= 0.3 is 0 Å². The van der Waals surface area contributed by atoms with Gasteiger partial charge < -0.3 is 0 Å². The SMILES string of the molecule is Cc1cc(NS(=O)(=O)c2c(Br)nnn2C)ccn1. The molecule has 0 unspecified atom stereocenters. The minimum atomic E-state index is -3.73. The number of hydrogen-bond donors (Lipinski definition) is 1.